The van der Waals surface area contributed by atoms with Gasteiger partial charge in [-0.25, -0.2) is 4.98 Å². The molecule has 116 valence electrons. The van der Waals surface area contributed by atoms with Crippen LogP contribution in [-0.2, 0) is 19.4 Å². The van der Waals surface area contributed by atoms with Crippen LogP contribution in [0.1, 0.15) is 35.1 Å². The van der Waals surface area contributed by atoms with Gasteiger partial charge < -0.3 is 9.47 Å². The van der Waals surface area contributed by atoms with Crippen molar-refractivity contribution in [3.8, 4) is 0 Å². The van der Waals surface area contributed by atoms with Crippen LogP contribution in [0.3, 0.4) is 0 Å². The summed E-state index contributed by atoms with van der Waals surface area (Å²) < 4.78 is 2.20. The number of aryl methyl sites for hydroxylation is 2. The van der Waals surface area contributed by atoms with Crippen molar-refractivity contribution in [3.05, 3.63) is 47.8 Å². The van der Waals surface area contributed by atoms with Crippen LogP contribution in [0.5, 0.6) is 0 Å². The first-order valence-corrected chi connectivity index (χ1v) is 7.87. The summed E-state index contributed by atoms with van der Waals surface area (Å²) in [6.45, 7) is 3.82. The van der Waals surface area contributed by atoms with Crippen LogP contribution in [0, 0.1) is 5.92 Å². The van der Waals surface area contributed by atoms with E-state index < -0.39 is 0 Å². The molecule has 1 atom stereocenters. The van der Waals surface area contributed by atoms with Gasteiger partial charge in [-0.05, 0) is 30.4 Å². The van der Waals surface area contributed by atoms with E-state index in [1.54, 1.807) is 12.4 Å². The van der Waals surface area contributed by atoms with Crippen LogP contribution in [0.4, 0.5) is 0 Å². The minimum atomic E-state index is 0.0909. The van der Waals surface area contributed by atoms with Gasteiger partial charge >= 0.3 is 0 Å². The molecular weight excluding hydrogens is 276 g/mol. The molecule has 0 bridgehead atoms. The largest absolute Gasteiger partial charge is 0.341 e. The van der Waals surface area contributed by atoms with Crippen molar-refractivity contribution in [1.82, 2.24) is 19.4 Å². The zero-order valence-electron chi connectivity index (χ0n) is 13.2. The third kappa shape index (κ3) is 2.89. The van der Waals surface area contributed by atoms with E-state index in [0.29, 0.717) is 5.92 Å². The first kappa shape index (κ1) is 14.8. The summed E-state index contributed by atoms with van der Waals surface area (Å²) in [5, 5.41) is 0. The predicted octanol–water partition coefficient (Wildman–Crippen LogP) is 2.18. The molecule has 0 saturated heterocycles. The maximum Gasteiger partial charge on any atom is 0.253 e. The lowest BCUT2D eigenvalue weighted by atomic mass is 9.97. The number of pyridine rings is 1. The molecule has 0 aromatic carbocycles. The van der Waals surface area contributed by atoms with Gasteiger partial charge in [-0.3, -0.25) is 9.78 Å². The molecule has 2 aromatic rings. The van der Waals surface area contributed by atoms with Crippen LogP contribution in [-0.4, -0.2) is 38.9 Å². The third-order valence-corrected chi connectivity index (χ3v) is 4.44. The van der Waals surface area contributed by atoms with Crippen molar-refractivity contribution >= 4 is 5.91 Å². The number of rotatable bonds is 4. The smallest absolute Gasteiger partial charge is 0.253 e. The van der Waals surface area contributed by atoms with E-state index in [2.05, 4.69) is 21.5 Å². The predicted molar refractivity (Wildman–Crippen MR) is 84.6 cm³/mol. The van der Waals surface area contributed by atoms with Crippen LogP contribution >= 0.6 is 0 Å². The fourth-order valence-electron chi connectivity index (χ4n) is 3.16. The molecule has 0 radical (unpaired) electrons. The minimum absolute atomic E-state index is 0.0909. The highest BCUT2D eigenvalue weighted by atomic mass is 16.2. The lowest BCUT2D eigenvalue weighted by molar-refractivity contribution is 0.0762. The van der Waals surface area contributed by atoms with E-state index in [1.165, 1.54) is 0 Å². The SMILES string of the molecule is CCc1cnccc1C(=O)N(C)CC1CCn2ccnc2C1. The summed E-state index contributed by atoms with van der Waals surface area (Å²) >= 11 is 0. The Bertz CT molecular complexity index is 664. The molecule has 0 fully saturated rings. The molecule has 0 N–H and O–H groups in total. The van der Waals surface area contributed by atoms with E-state index in [9.17, 15) is 4.79 Å². The lowest BCUT2D eigenvalue weighted by Crippen LogP contribution is -2.35. The molecule has 22 heavy (non-hydrogen) atoms. The van der Waals surface area contributed by atoms with Crippen LogP contribution in [0.25, 0.3) is 0 Å². The Labute approximate surface area is 131 Å². The lowest BCUT2D eigenvalue weighted by Gasteiger charge is -2.28. The quantitative estimate of drug-likeness (QED) is 0.869. The molecule has 1 aliphatic rings. The number of nitrogens with zero attached hydrogens (tertiary/aromatic N) is 4. The van der Waals surface area contributed by atoms with Crippen molar-refractivity contribution in [3.63, 3.8) is 0 Å². The number of carbonyl (C=O) groups is 1. The fraction of sp³-hybridized carbons (Fsp3) is 0.471. The first-order valence-electron chi connectivity index (χ1n) is 7.87. The van der Waals surface area contributed by atoms with Gasteiger partial charge in [0.2, 0.25) is 0 Å². The highest BCUT2D eigenvalue weighted by molar-refractivity contribution is 5.95. The Morgan fingerprint density at radius 1 is 1.45 bits per heavy atom. The van der Waals surface area contributed by atoms with E-state index in [4.69, 9.17) is 0 Å². The average Bonchev–Trinajstić information content (AvgIpc) is 3.01. The molecule has 5 nitrogen and oxygen atoms in total. The van der Waals surface area contributed by atoms with Crippen LogP contribution in [0.15, 0.2) is 30.9 Å². The van der Waals surface area contributed by atoms with E-state index >= 15 is 0 Å². The van der Waals surface area contributed by atoms with Gasteiger partial charge in [0.15, 0.2) is 0 Å². The van der Waals surface area contributed by atoms with Crippen molar-refractivity contribution in [2.24, 2.45) is 5.92 Å². The van der Waals surface area contributed by atoms with Crippen molar-refractivity contribution in [2.45, 2.75) is 32.7 Å². The number of amides is 1. The normalized spacial score (nSPS) is 17.1. The topological polar surface area (TPSA) is 51.0 Å². The Kier molecular flexibility index (Phi) is 4.22. The van der Waals surface area contributed by atoms with E-state index in [0.717, 1.165) is 49.3 Å². The second kappa shape index (κ2) is 6.30. The molecule has 1 unspecified atom stereocenters. The van der Waals surface area contributed by atoms with Crippen LogP contribution < -0.4 is 0 Å². The Morgan fingerprint density at radius 2 is 2.32 bits per heavy atom. The number of hydrogen-bond donors (Lipinski definition) is 0. The molecular formula is C17H22N4O. The Hall–Kier alpha value is -2.17. The zero-order valence-corrected chi connectivity index (χ0v) is 13.2. The molecule has 5 heteroatoms. The number of carbonyl (C=O) groups excluding carboxylic acids is 1. The van der Waals surface area contributed by atoms with Crippen molar-refractivity contribution < 1.29 is 4.79 Å². The average molecular weight is 298 g/mol. The second-order valence-electron chi connectivity index (χ2n) is 5.97. The summed E-state index contributed by atoms with van der Waals surface area (Å²) in [5.41, 5.74) is 1.79. The van der Waals surface area contributed by atoms with Gasteiger partial charge in [0, 0.05) is 56.9 Å². The van der Waals surface area contributed by atoms with Crippen molar-refractivity contribution in [2.75, 3.05) is 13.6 Å². The van der Waals surface area contributed by atoms with Crippen LogP contribution in [0.2, 0.25) is 0 Å². The summed E-state index contributed by atoms with van der Waals surface area (Å²) in [6, 6.07) is 1.82. The molecule has 1 aliphatic heterocycles. The first-order chi connectivity index (χ1) is 10.7. The van der Waals surface area contributed by atoms with Gasteiger partial charge in [0.1, 0.15) is 5.82 Å². The highest BCUT2D eigenvalue weighted by Gasteiger charge is 2.23. The number of fused-ring (bicyclic) bond motifs is 1. The maximum atomic E-state index is 12.7. The van der Waals surface area contributed by atoms with Crippen molar-refractivity contribution in [1.29, 1.82) is 0 Å². The van der Waals surface area contributed by atoms with Gasteiger partial charge in [-0.15, -0.1) is 0 Å². The molecule has 2 aromatic heterocycles. The zero-order chi connectivity index (χ0) is 15.5. The summed E-state index contributed by atoms with van der Waals surface area (Å²) in [7, 11) is 1.89. The minimum Gasteiger partial charge on any atom is -0.341 e. The number of hydrogen-bond acceptors (Lipinski definition) is 3. The maximum absolute atomic E-state index is 12.7. The standard InChI is InChI=1S/C17H22N4O/c1-3-14-11-18-6-4-15(14)17(22)20(2)12-13-5-8-21-9-7-19-16(21)10-13/h4,6-7,9,11,13H,3,5,8,10,12H2,1-2H3. The van der Waals surface area contributed by atoms with Gasteiger partial charge in [-0.2, -0.15) is 0 Å². The van der Waals surface area contributed by atoms with E-state index in [1.807, 2.05) is 30.4 Å². The summed E-state index contributed by atoms with van der Waals surface area (Å²) in [4.78, 5) is 23.0. The molecule has 0 saturated carbocycles. The van der Waals surface area contributed by atoms with Gasteiger partial charge in [0.05, 0.1) is 0 Å². The third-order valence-electron chi connectivity index (χ3n) is 4.44. The van der Waals surface area contributed by atoms with E-state index in [-0.39, 0.29) is 5.91 Å². The molecule has 0 aliphatic carbocycles. The second-order valence-corrected chi connectivity index (χ2v) is 5.97. The van der Waals surface area contributed by atoms with Gasteiger partial charge in [-0.1, -0.05) is 6.92 Å². The molecule has 1 amide bonds. The summed E-state index contributed by atoms with van der Waals surface area (Å²) in [5.74, 6) is 1.71. The fourth-order valence-corrected chi connectivity index (χ4v) is 3.16. The monoisotopic (exact) mass is 298 g/mol. The number of imidazole rings is 1. The molecule has 3 heterocycles. The Balaban J connectivity index is 1.67. The summed E-state index contributed by atoms with van der Waals surface area (Å²) in [6.07, 6.45) is 10.2. The Morgan fingerprint density at radius 3 is 3.14 bits per heavy atom. The molecule has 0 spiro atoms. The molecule has 3 rings (SSSR count). The number of aromatic nitrogens is 3. The highest BCUT2D eigenvalue weighted by Crippen LogP contribution is 2.21. The van der Waals surface area contributed by atoms with Gasteiger partial charge in [0.25, 0.3) is 5.91 Å².